The number of rotatable bonds is 4. The van der Waals surface area contributed by atoms with E-state index < -0.39 is 0 Å². The molecule has 2 aromatic heterocycles. The summed E-state index contributed by atoms with van der Waals surface area (Å²) < 4.78 is 3.71. The highest BCUT2D eigenvalue weighted by atomic mass is 16.1. The normalized spacial score (nSPS) is 13.3. The second-order valence-corrected chi connectivity index (χ2v) is 7.76. The summed E-state index contributed by atoms with van der Waals surface area (Å²) in [7, 11) is 0. The zero-order chi connectivity index (χ0) is 22.0. The van der Waals surface area contributed by atoms with E-state index in [0.717, 1.165) is 34.9 Å². The number of hydrogen-bond acceptors (Lipinski definition) is 4. The molecule has 0 unspecified atom stereocenters. The molecule has 31 heavy (non-hydrogen) atoms. The molecule has 1 aliphatic carbocycles. The largest absolute Gasteiger partial charge is 0.305 e. The van der Waals surface area contributed by atoms with Crippen molar-refractivity contribution in [1.29, 1.82) is 0 Å². The van der Waals surface area contributed by atoms with Gasteiger partial charge in [-0.3, -0.25) is 9.59 Å². The average Bonchev–Trinajstić information content (AvgIpc) is 3.64. The van der Waals surface area contributed by atoms with Crippen molar-refractivity contribution in [2.75, 3.05) is 0 Å². The van der Waals surface area contributed by atoms with Gasteiger partial charge in [-0.25, -0.2) is 9.97 Å². The van der Waals surface area contributed by atoms with Gasteiger partial charge in [-0.15, -0.1) is 0 Å². The number of fused-ring (bicyclic) bond motifs is 2. The number of benzene rings is 2. The molecule has 6 heteroatoms. The van der Waals surface area contributed by atoms with Gasteiger partial charge >= 0.3 is 0 Å². The Balaban J connectivity index is 0.000000150. The smallest absolute Gasteiger partial charge is 0.272 e. The van der Waals surface area contributed by atoms with Crippen LogP contribution in [0.5, 0.6) is 0 Å². The van der Waals surface area contributed by atoms with Crippen LogP contribution in [0.2, 0.25) is 0 Å². The lowest BCUT2D eigenvalue weighted by molar-refractivity contribution is 0.718. The summed E-state index contributed by atoms with van der Waals surface area (Å²) in [4.78, 5) is 32.9. The van der Waals surface area contributed by atoms with Crippen LogP contribution in [-0.2, 0) is 19.4 Å². The van der Waals surface area contributed by atoms with E-state index >= 15 is 0 Å². The van der Waals surface area contributed by atoms with Crippen molar-refractivity contribution in [1.82, 2.24) is 19.1 Å². The second kappa shape index (κ2) is 8.84. The first-order valence-electron chi connectivity index (χ1n) is 11.1. The SMILES string of the molecule is CCc1nc2ccccc2n(C2CC2)c1=O.CCc1nc2ccccc2n(CC)c1=O. The summed E-state index contributed by atoms with van der Waals surface area (Å²) in [5, 5.41) is 0. The van der Waals surface area contributed by atoms with Gasteiger partial charge in [-0.2, -0.15) is 0 Å². The van der Waals surface area contributed by atoms with Crippen LogP contribution in [0.3, 0.4) is 0 Å². The highest BCUT2D eigenvalue weighted by molar-refractivity contribution is 5.75. The molecule has 0 bridgehead atoms. The van der Waals surface area contributed by atoms with E-state index in [2.05, 4.69) is 9.97 Å². The van der Waals surface area contributed by atoms with Crippen molar-refractivity contribution in [2.45, 2.75) is 59.0 Å². The summed E-state index contributed by atoms with van der Waals surface area (Å²) in [5.41, 5.74) is 5.21. The Morgan fingerprint density at radius 2 is 1.29 bits per heavy atom. The monoisotopic (exact) mass is 416 g/mol. The molecule has 2 aromatic carbocycles. The quantitative estimate of drug-likeness (QED) is 0.498. The van der Waals surface area contributed by atoms with E-state index in [1.54, 1.807) is 4.57 Å². The van der Waals surface area contributed by atoms with Gasteiger partial charge < -0.3 is 9.13 Å². The van der Waals surface area contributed by atoms with Gasteiger partial charge in [-0.05, 0) is 56.9 Å². The van der Waals surface area contributed by atoms with Crippen LogP contribution in [0.25, 0.3) is 22.1 Å². The van der Waals surface area contributed by atoms with Gasteiger partial charge in [0.15, 0.2) is 0 Å². The fourth-order valence-electron chi connectivity index (χ4n) is 3.92. The molecular formula is C25H28N4O2. The Morgan fingerprint density at radius 1 is 0.774 bits per heavy atom. The van der Waals surface area contributed by atoms with Gasteiger partial charge in [0.2, 0.25) is 0 Å². The summed E-state index contributed by atoms with van der Waals surface area (Å²) in [6.07, 6.45) is 3.63. The molecule has 1 fully saturated rings. The standard InChI is InChI=1S/C13H14N2O.C12H14N2O/c1-2-10-13(16)15(9-7-8-9)12-6-4-3-5-11(12)14-10;1-3-9-12(15)14(4-2)11-8-6-5-7-10(11)13-9/h3-6,9H,2,7-8H2,1H3;5-8H,3-4H2,1-2H3. The molecule has 4 aromatic rings. The van der Waals surface area contributed by atoms with Gasteiger partial charge in [0.25, 0.3) is 11.1 Å². The molecule has 0 spiro atoms. The fraction of sp³-hybridized carbons (Fsp3) is 0.360. The minimum absolute atomic E-state index is 0.0405. The lowest BCUT2D eigenvalue weighted by Gasteiger charge is -2.10. The molecule has 160 valence electrons. The first kappa shape index (κ1) is 21.0. The maximum absolute atomic E-state index is 12.2. The van der Waals surface area contributed by atoms with Crippen molar-refractivity contribution < 1.29 is 0 Å². The van der Waals surface area contributed by atoms with Crippen molar-refractivity contribution in [3.8, 4) is 0 Å². The van der Waals surface area contributed by atoms with Crippen molar-refractivity contribution in [3.63, 3.8) is 0 Å². The highest BCUT2D eigenvalue weighted by Crippen LogP contribution is 2.35. The minimum Gasteiger partial charge on any atom is -0.305 e. The zero-order valence-corrected chi connectivity index (χ0v) is 18.3. The maximum Gasteiger partial charge on any atom is 0.272 e. The van der Waals surface area contributed by atoms with E-state index in [4.69, 9.17) is 0 Å². The van der Waals surface area contributed by atoms with E-state index in [0.29, 0.717) is 36.8 Å². The molecule has 0 saturated heterocycles. The Kier molecular flexibility index (Phi) is 5.98. The molecule has 1 aliphatic rings. The van der Waals surface area contributed by atoms with E-state index in [1.165, 1.54) is 0 Å². The lowest BCUT2D eigenvalue weighted by atomic mass is 10.2. The third kappa shape index (κ3) is 4.02. The van der Waals surface area contributed by atoms with Crippen LogP contribution in [0.1, 0.15) is 51.0 Å². The summed E-state index contributed by atoms with van der Waals surface area (Å²) in [5.74, 6) is 0. The fourth-order valence-corrected chi connectivity index (χ4v) is 3.92. The predicted molar refractivity (Wildman–Crippen MR) is 125 cm³/mol. The number of hydrogen-bond donors (Lipinski definition) is 0. The van der Waals surface area contributed by atoms with Crippen molar-refractivity contribution in [3.05, 3.63) is 80.6 Å². The van der Waals surface area contributed by atoms with Crippen LogP contribution >= 0.6 is 0 Å². The maximum atomic E-state index is 12.2. The molecule has 0 aliphatic heterocycles. The Labute approximate surface area is 181 Å². The zero-order valence-electron chi connectivity index (χ0n) is 18.3. The topological polar surface area (TPSA) is 69.8 Å². The molecule has 0 amide bonds. The van der Waals surface area contributed by atoms with E-state index in [-0.39, 0.29) is 11.1 Å². The summed E-state index contributed by atoms with van der Waals surface area (Å²) >= 11 is 0. The molecule has 6 nitrogen and oxygen atoms in total. The van der Waals surface area contributed by atoms with Crippen molar-refractivity contribution >= 4 is 22.1 Å². The second-order valence-electron chi connectivity index (χ2n) is 7.76. The van der Waals surface area contributed by atoms with E-state index in [9.17, 15) is 9.59 Å². The Morgan fingerprint density at radius 3 is 1.84 bits per heavy atom. The number of aromatic nitrogens is 4. The first-order chi connectivity index (χ1) is 15.1. The van der Waals surface area contributed by atoms with Gasteiger partial charge in [0.05, 0.1) is 22.1 Å². The third-order valence-electron chi connectivity index (χ3n) is 5.68. The number of para-hydroxylation sites is 4. The molecule has 0 atom stereocenters. The van der Waals surface area contributed by atoms with Crippen LogP contribution in [-0.4, -0.2) is 19.1 Å². The molecule has 5 rings (SSSR count). The highest BCUT2D eigenvalue weighted by Gasteiger charge is 2.27. The molecule has 1 saturated carbocycles. The average molecular weight is 417 g/mol. The molecule has 0 N–H and O–H groups in total. The van der Waals surface area contributed by atoms with Crippen LogP contribution in [0, 0.1) is 0 Å². The van der Waals surface area contributed by atoms with Crippen LogP contribution < -0.4 is 11.1 Å². The Bertz CT molecular complexity index is 1350. The van der Waals surface area contributed by atoms with Crippen molar-refractivity contribution in [2.24, 2.45) is 0 Å². The third-order valence-corrected chi connectivity index (χ3v) is 5.68. The minimum atomic E-state index is 0.0405. The van der Waals surface area contributed by atoms with Gasteiger partial charge in [0.1, 0.15) is 11.4 Å². The molecule has 0 radical (unpaired) electrons. The van der Waals surface area contributed by atoms with Crippen LogP contribution in [0.15, 0.2) is 58.1 Å². The lowest BCUT2D eigenvalue weighted by Crippen LogP contribution is -2.24. The number of aryl methyl sites for hydroxylation is 3. The molecule has 2 heterocycles. The van der Waals surface area contributed by atoms with Crippen LogP contribution in [0.4, 0.5) is 0 Å². The number of nitrogens with zero attached hydrogens (tertiary/aromatic N) is 4. The van der Waals surface area contributed by atoms with Gasteiger partial charge in [0, 0.05) is 12.6 Å². The Hall–Kier alpha value is -3.28. The first-order valence-corrected chi connectivity index (χ1v) is 11.1. The van der Waals surface area contributed by atoms with Gasteiger partial charge in [-0.1, -0.05) is 38.1 Å². The predicted octanol–water partition coefficient (Wildman–Crippen LogP) is 4.27. The molecular weight excluding hydrogens is 388 g/mol. The summed E-state index contributed by atoms with van der Waals surface area (Å²) in [6.45, 7) is 6.61. The summed E-state index contributed by atoms with van der Waals surface area (Å²) in [6, 6.07) is 16.1. The van der Waals surface area contributed by atoms with E-state index in [1.807, 2.05) is 73.9 Å².